The number of amides is 2. The molecule has 2 heterocycles. The van der Waals surface area contributed by atoms with Gasteiger partial charge in [0.15, 0.2) is 5.69 Å². The highest BCUT2D eigenvalue weighted by Gasteiger charge is 2.12. The predicted molar refractivity (Wildman–Crippen MR) is 93.0 cm³/mol. The summed E-state index contributed by atoms with van der Waals surface area (Å²) >= 11 is 0. The number of benzene rings is 1. The molecule has 0 saturated heterocycles. The minimum absolute atomic E-state index is 0.144. The van der Waals surface area contributed by atoms with Crippen LogP contribution in [0, 0.1) is 0 Å². The Balaban J connectivity index is 1.51. The van der Waals surface area contributed by atoms with Crippen LogP contribution in [0.5, 0.6) is 5.75 Å². The van der Waals surface area contributed by atoms with Crippen LogP contribution < -0.4 is 15.4 Å². The van der Waals surface area contributed by atoms with Crippen molar-refractivity contribution < 1.29 is 18.7 Å². The van der Waals surface area contributed by atoms with Gasteiger partial charge in [-0.25, -0.2) is 4.68 Å². The monoisotopic (exact) mass is 354 g/mol. The third-order valence-corrected chi connectivity index (χ3v) is 3.61. The van der Waals surface area contributed by atoms with Crippen LogP contribution >= 0.6 is 0 Å². The number of aromatic nitrogens is 2. The van der Waals surface area contributed by atoms with Gasteiger partial charge in [0, 0.05) is 6.20 Å². The molecule has 0 fully saturated rings. The second kappa shape index (κ2) is 8.02. The molecule has 3 aromatic rings. The molecule has 1 aromatic carbocycles. The second-order valence-corrected chi connectivity index (χ2v) is 5.38. The molecule has 134 valence electrons. The number of hydrogen-bond donors (Lipinski definition) is 2. The van der Waals surface area contributed by atoms with E-state index in [1.165, 1.54) is 6.26 Å². The maximum absolute atomic E-state index is 12.1. The summed E-state index contributed by atoms with van der Waals surface area (Å²) in [6.45, 7) is 0.128. The number of nitrogens with zero attached hydrogens (tertiary/aromatic N) is 2. The number of carbonyl (C=O) groups is 2. The van der Waals surface area contributed by atoms with Crippen LogP contribution in [0.25, 0.3) is 5.69 Å². The van der Waals surface area contributed by atoms with E-state index in [0.29, 0.717) is 5.76 Å². The van der Waals surface area contributed by atoms with Gasteiger partial charge in [-0.15, -0.1) is 0 Å². The number of nitrogens with one attached hydrogen (secondary N) is 2. The van der Waals surface area contributed by atoms with Gasteiger partial charge in [0.05, 0.1) is 32.1 Å². The molecule has 0 spiro atoms. The zero-order chi connectivity index (χ0) is 18.4. The standard InChI is InChI=1S/C18H18N4O4/c1-25-14-6-4-13(5-7-14)22-9-8-16(21-22)18(24)20-12-17(23)19-11-15-3-2-10-26-15/h2-10H,11-12H2,1H3,(H,19,23)(H,20,24). The van der Waals surface area contributed by atoms with Gasteiger partial charge in [0.25, 0.3) is 5.91 Å². The first kappa shape index (κ1) is 17.3. The lowest BCUT2D eigenvalue weighted by atomic mass is 10.3. The minimum Gasteiger partial charge on any atom is -0.497 e. The number of furan rings is 1. The lowest BCUT2D eigenvalue weighted by Crippen LogP contribution is -2.36. The van der Waals surface area contributed by atoms with Gasteiger partial charge < -0.3 is 19.8 Å². The van der Waals surface area contributed by atoms with E-state index < -0.39 is 5.91 Å². The Morgan fingerprint density at radius 2 is 1.96 bits per heavy atom. The second-order valence-electron chi connectivity index (χ2n) is 5.38. The van der Waals surface area contributed by atoms with Crippen LogP contribution in [-0.2, 0) is 11.3 Å². The van der Waals surface area contributed by atoms with Crippen molar-refractivity contribution >= 4 is 11.8 Å². The van der Waals surface area contributed by atoms with E-state index in [2.05, 4.69) is 15.7 Å². The van der Waals surface area contributed by atoms with Crippen molar-refractivity contribution in [2.75, 3.05) is 13.7 Å². The Hall–Kier alpha value is -3.55. The van der Waals surface area contributed by atoms with Crippen molar-refractivity contribution in [3.63, 3.8) is 0 Å². The van der Waals surface area contributed by atoms with E-state index in [1.54, 1.807) is 48.3 Å². The number of methoxy groups -OCH3 is 1. The quantitative estimate of drug-likeness (QED) is 0.670. The summed E-state index contributed by atoms with van der Waals surface area (Å²) in [6, 6.07) is 12.3. The molecule has 3 rings (SSSR count). The van der Waals surface area contributed by atoms with E-state index in [4.69, 9.17) is 9.15 Å². The van der Waals surface area contributed by atoms with Gasteiger partial charge in [-0.2, -0.15) is 5.10 Å². The Bertz CT molecular complexity index is 869. The molecule has 0 atom stereocenters. The van der Waals surface area contributed by atoms with Gasteiger partial charge in [0.2, 0.25) is 5.91 Å². The first-order valence-electron chi connectivity index (χ1n) is 7.93. The van der Waals surface area contributed by atoms with Crippen LogP contribution in [0.2, 0.25) is 0 Å². The topological polar surface area (TPSA) is 98.4 Å². The maximum Gasteiger partial charge on any atom is 0.272 e. The van der Waals surface area contributed by atoms with E-state index >= 15 is 0 Å². The normalized spacial score (nSPS) is 10.3. The molecule has 0 bridgehead atoms. The Labute approximate surface area is 149 Å². The lowest BCUT2D eigenvalue weighted by molar-refractivity contribution is -0.120. The summed E-state index contributed by atoms with van der Waals surface area (Å²) in [6.07, 6.45) is 3.20. The van der Waals surface area contributed by atoms with E-state index in [0.717, 1.165) is 11.4 Å². The number of carbonyl (C=O) groups excluding carboxylic acids is 2. The van der Waals surface area contributed by atoms with Crippen molar-refractivity contribution in [2.45, 2.75) is 6.54 Å². The maximum atomic E-state index is 12.1. The fourth-order valence-electron chi connectivity index (χ4n) is 2.24. The van der Waals surface area contributed by atoms with Gasteiger partial charge in [-0.05, 0) is 42.5 Å². The van der Waals surface area contributed by atoms with Crippen molar-refractivity contribution in [1.82, 2.24) is 20.4 Å². The van der Waals surface area contributed by atoms with Crippen molar-refractivity contribution in [3.05, 3.63) is 66.4 Å². The molecule has 0 unspecified atom stereocenters. The van der Waals surface area contributed by atoms with Crippen molar-refractivity contribution in [3.8, 4) is 11.4 Å². The highest BCUT2D eigenvalue weighted by molar-refractivity contribution is 5.94. The third-order valence-electron chi connectivity index (χ3n) is 3.61. The average molecular weight is 354 g/mol. The minimum atomic E-state index is -0.426. The van der Waals surface area contributed by atoms with E-state index in [1.807, 2.05) is 12.1 Å². The molecule has 0 aliphatic rings. The van der Waals surface area contributed by atoms with Crippen LogP contribution in [0.1, 0.15) is 16.2 Å². The Kier molecular flexibility index (Phi) is 5.33. The largest absolute Gasteiger partial charge is 0.497 e. The van der Waals surface area contributed by atoms with E-state index in [-0.39, 0.29) is 24.7 Å². The van der Waals surface area contributed by atoms with Gasteiger partial charge >= 0.3 is 0 Å². The lowest BCUT2D eigenvalue weighted by Gasteiger charge is -2.05. The first-order valence-corrected chi connectivity index (χ1v) is 7.93. The molecule has 0 aliphatic carbocycles. The zero-order valence-electron chi connectivity index (χ0n) is 14.1. The predicted octanol–water partition coefficient (Wildman–Crippen LogP) is 1.52. The summed E-state index contributed by atoms with van der Waals surface area (Å²) in [5.74, 6) is 0.636. The summed E-state index contributed by atoms with van der Waals surface area (Å²) in [7, 11) is 1.59. The Morgan fingerprint density at radius 1 is 1.15 bits per heavy atom. The molecule has 8 nitrogen and oxygen atoms in total. The molecular weight excluding hydrogens is 336 g/mol. The Morgan fingerprint density at radius 3 is 2.65 bits per heavy atom. The van der Waals surface area contributed by atoms with Crippen LogP contribution in [-0.4, -0.2) is 35.2 Å². The first-order chi connectivity index (χ1) is 12.7. The molecule has 26 heavy (non-hydrogen) atoms. The van der Waals surface area contributed by atoms with E-state index in [9.17, 15) is 9.59 Å². The smallest absolute Gasteiger partial charge is 0.272 e. The summed E-state index contributed by atoms with van der Waals surface area (Å²) in [5.41, 5.74) is 1.01. The molecule has 8 heteroatoms. The number of ether oxygens (including phenoxy) is 1. The fraction of sp³-hybridized carbons (Fsp3) is 0.167. The summed E-state index contributed by atoms with van der Waals surface area (Å²) in [4.78, 5) is 23.9. The highest BCUT2D eigenvalue weighted by Crippen LogP contribution is 2.14. The summed E-state index contributed by atoms with van der Waals surface area (Å²) in [5, 5.41) is 9.40. The highest BCUT2D eigenvalue weighted by atomic mass is 16.5. The van der Waals surface area contributed by atoms with Crippen molar-refractivity contribution in [2.24, 2.45) is 0 Å². The van der Waals surface area contributed by atoms with Gasteiger partial charge in [-0.3, -0.25) is 9.59 Å². The molecule has 0 aliphatic heterocycles. The van der Waals surface area contributed by atoms with Crippen LogP contribution in [0.3, 0.4) is 0 Å². The molecular formula is C18H18N4O4. The molecule has 2 N–H and O–H groups in total. The fourth-order valence-corrected chi connectivity index (χ4v) is 2.24. The molecule has 0 radical (unpaired) electrons. The zero-order valence-corrected chi connectivity index (χ0v) is 14.1. The SMILES string of the molecule is COc1ccc(-n2ccc(C(=O)NCC(=O)NCc3ccco3)n2)cc1. The number of hydrogen-bond acceptors (Lipinski definition) is 5. The van der Waals surface area contributed by atoms with Gasteiger partial charge in [-0.1, -0.05) is 0 Å². The summed E-state index contributed by atoms with van der Waals surface area (Å²) < 4.78 is 11.8. The van der Waals surface area contributed by atoms with Crippen LogP contribution in [0.4, 0.5) is 0 Å². The van der Waals surface area contributed by atoms with Crippen molar-refractivity contribution in [1.29, 1.82) is 0 Å². The molecule has 2 amide bonds. The van der Waals surface area contributed by atoms with Crippen LogP contribution in [0.15, 0.2) is 59.3 Å². The van der Waals surface area contributed by atoms with Gasteiger partial charge in [0.1, 0.15) is 11.5 Å². The average Bonchev–Trinajstić information content (AvgIpc) is 3.36. The third kappa shape index (κ3) is 4.29. The molecule has 0 saturated carbocycles. The number of rotatable bonds is 7. The molecule has 2 aromatic heterocycles.